The number of carbonyl (C=O) groups is 5. The molecule has 2 aliphatic rings. The van der Waals surface area contributed by atoms with Crippen molar-refractivity contribution < 1.29 is 96.9 Å². The van der Waals surface area contributed by atoms with Gasteiger partial charge in [0.05, 0.1) is 14.2 Å². The summed E-state index contributed by atoms with van der Waals surface area (Å²) in [5.41, 5.74) is 0.810. The Morgan fingerprint density at radius 1 is 0.690 bits per heavy atom. The molecule has 0 spiro atoms. The molecule has 2 aliphatic heterocycles. The van der Waals surface area contributed by atoms with Crippen molar-refractivity contribution in [3.63, 3.8) is 0 Å². The molecule has 5 N–H and O–H groups in total. The predicted octanol–water partition coefficient (Wildman–Crippen LogP) is 0.274. The van der Waals surface area contributed by atoms with Crippen LogP contribution >= 0.6 is 0 Å². The van der Waals surface area contributed by atoms with Crippen LogP contribution in [0.15, 0.2) is 48.6 Å². The molecule has 4 rings (SSSR count). The Morgan fingerprint density at radius 2 is 1.24 bits per heavy atom. The van der Waals surface area contributed by atoms with E-state index in [1.54, 1.807) is 0 Å². The Kier molecular flexibility index (Phi) is 15.6. The number of phenolic OH excluding ortho intramolecular Hbond substituents is 2. The summed E-state index contributed by atoms with van der Waals surface area (Å²) in [5.74, 6) is -7.42. The minimum absolute atomic E-state index is 0.0908. The molecular formula is C38H44O20. The van der Waals surface area contributed by atoms with Crippen molar-refractivity contribution in [3.8, 4) is 23.0 Å². The van der Waals surface area contributed by atoms with Crippen LogP contribution in [0.4, 0.5) is 0 Å². The van der Waals surface area contributed by atoms with Gasteiger partial charge in [0.1, 0.15) is 50.3 Å². The molecule has 2 aromatic rings. The first-order valence-electron chi connectivity index (χ1n) is 17.4. The second-order valence-electron chi connectivity index (χ2n) is 12.8. The molecule has 0 amide bonds. The normalized spacial score (nSPS) is 26.8. The zero-order valence-electron chi connectivity index (χ0n) is 31.9. The molecule has 0 bridgehead atoms. The number of aliphatic hydroxyl groups is 3. The van der Waals surface area contributed by atoms with Gasteiger partial charge in [-0.2, -0.15) is 0 Å². The van der Waals surface area contributed by atoms with Crippen LogP contribution in [0.5, 0.6) is 23.0 Å². The standard InChI is InChI=1S/C38H44O20/c1-19(39)51-16-28-32(46)34(48)35(54-21(3)41)37(55-28)58-38(18-53-20(2)40)36(56-31(45)13-9-23-7-11-25(43)27(15-23)50-5)33(47)29(57-38)17-52-30(44)12-8-22-6-10-24(42)26(14-22)49-4/h6-15,28-29,32-37,42-43,46-48H,16-18H2,1-5H3/t28-,29-,32-,33-,34+,35-,36+,37-,38+/m1/s1. The van der Waals surface area contributed by atoms with Crippen molar-refractivity contribution >= 4 is 42.0 Å². The van der Waals surface area contributed by atoms with Crippen molar-refractivity contribution in [2.24, 2.45) is 0 Å². The lowest BCUT2D eigenvalue weighted by Gasteiger charge is -2.44. The van der Waals surface area contributed by atoms with Crippen LogP contribution in [0.3, 0.4) is 0 Å². The van der Waals surface area contributed by atoms with Crippen LogP contribution in [0.1, 0.15) is 31.9 Å². The highest BCUT2D eigenvalue weighted by atomic mass is 16.8. The van der Waals surface area contributed by atoms with E-state index in [2.05, 4.69) is 0 Å². The number of hydrogen-bond acceptors (Lipinski definition) is 20. The van der Waals surface area contributed by atoms with Gasteiger partial charge in [-0.15, -0.1) is 0 Å². The lowest BCUT2D eigenvalue weighted by atomic mass is 9.98. The van der Waals surface area contributed by atoms with E-state index >= 15 is 0 Å². The molecule has 2 saturated heterocycles. The summed E-state index contributed by atoms with van der Waals surface area (Å²) < 4.78 is 54.4. The molecule has 2 aromatic carbocycles. The third-order valence-electron chi connectivity index (χ3n) is 8.53. The van der Waals surface area contributed by atoms with Gasteiger partial charge in [-0.05, 0) is 47.5 Å². The quantitative estimate of drug-likeness (QED) is 0.0863. The van der Waals surface area contributed by atoms with Gasteiger partial charge in [0.25, 0.3) is 0 Å². The Labute approximate surface area is 331 Å². The molecule has 9 atom stereocenters. The zero-order valence-corrected chi connectivity index (χ0v) is 31.9. The minimum atomic E-state index is -2.59. The van der Waals surface area contributed by atoms with Gasteiger partial charge >= 0.3 is 29.8 Å². The number of methoxy groups -OCH3 is 2. The van der Waals surface area contributed by atoms with Crippen LogP contribution in [-0.2, 0) is 61.9 Å². The van der Waals surface area contributed by atoms with Gasteiger partial charge < -0.3 is 72.9 Å². The highest BCUT2D eigenvalue weighted by molar-refractivity contribution is 5.88. The fourth-order valence-corrected chi connectivity index (χ4v) is 5.74. The maximum atomic E-state index is 13.4. The van der Waals surface area contributed by atoms with E-state index < -0.39 is 104 Å². The van der Waals surface area contributed by atoms with Crippen molar-refractivity contribution in [1.29, 1.82) is 0 Å². The van der Waals surface area contributed by atoms with Crippen LogP contribution < -0.4 is 9.47 Å². The molecular weight excluding hydrogens is 776 g/mol. The zero-order chi connectivity index (χ0) is 42.7. The van der Waals surface area contributed by atoms with Gasteiger partial charge in [0, 0.05) is 32.9 Å². The second-order valence-corrected chi connectivity index (χ2v) is 12.8. The first-order valence-corrected chi connectivity index (χ1v) is 17.4. The molecule has 0 unspecified atom stereocenters. The topological polar surface area (TPSA) is 279 Å². The van der Waals surface area contributed by atoms with E-state index in [9.17, 15) is 49.5 Å². The van der Waals surface area contributed by atoms with E-state index in [0.717, 1.165) is 32.9 Å². The van der Waals surface area contributed by atoms with Gasteiger partial charge in [-0.25, -0.2) is 9.59 Å². The lowest BCUT2D eigenvalue weighted by molar-refractivity contribution is -0.384. The largest absolute Gasteiger partial charge is 0.504 e. The molecule has 0 radical (unpaired) electrons. The van der Waals surface area contributed by atoms with Crippen LogP contribution in [-0.4, -0.2) is 144 Å². The Balaban J connectivity index is 1.69. The average molecular weight is 821 g/mol. The van der Waals surface area contributed by atoms with Gasteiger partial charge in [0.15, 0.2) is 35.2 Å². The maximum absolute atomic E-state index is 13.4. The first kappa shape index (κ1) is 44.9. The molecule has 2 fully saturated rings. The summed E-state index contributed by atoms with van der Waals surface area (Å²) in [4.78, 5) is 62.0. The van der Waals surface area contributed by atoms with Crippen LogP contribution in [0.2, 0.25) is 0 Å². The summed E-state index contributed by atoms with van der Waals surface area (Å²) in [6.07, 6.45) is -10.1. The van der Waals surface area contributed by atoms with Crippen LogP contribution in [0, 0.1) is 0 Å². The Bertz CT molecular complexity index is 1860. The van der Waals surface area contributed by atoms with E-state index in [4.69, 9.17) is 47.4 Å². The van der Waals surface area contributed by atoms with Crippen molar-refractivity contribution in [2.75, 3.05) is 34.0 Å². The van der Waals surface area contributed by atoms with E-state index in [1.807, 2.05) is 0 Å². The number of phenols is 2. The summed E-state index contributed by atoms with van der Waals surface area (Å²) in [6, 6.07) is 8.43. The summed E-state index contributed by atoms with van der Waals surface area (Å²) in [6.45, 7) is 0.724. The summed E-state index contributed by atoms with van der Waals surface area (Å²) in [7, 11) is 2.66. The third-order valence-corrected chi connectivity index (χ3v) is 8.53. The second kappa shape index (κ2) is 20.1. The number of aliphatic hydroxyl groups excluding tert-OH is 3. The highest BCUT2D eigenvalue weighted by Crippen LogP contribution is 2.40. The van der Waals surface area contributed by atoms with Crippen LogP contribution in [0.25, 0.3) is 12.2 Å². The monoisotopic (exact) mass is 820 g/mol. The number of rotatable bonds is 16. The number of esters is 5. The number of hydrogen-bond donors (Lipinski definition) is 5. The lowest BCUT2D eigenvalue weighted by Crippen LogP contribution is -2.64. The molecule has 316 valence electrons. The first-order chi connectivity index (χ1) is 27.5. The molecule has 20 heteroatoms. The molecule has 0 aromatic heterocycles. The smallest absolute Gasteiger partial charge is 0.331 e. The number of aromatic hydroxyl groups is 2. The summed E-state index contributed by atoms with van der Waals surface area (Å²) >= 11 is 0. The molecule has 58 heavy (non-hydrogen) atoms. The van der Waals surface area contributed by atoms with Gasteiger partial charge in [-0.3, -0.25) is 14.4 Å². The van der Waals surface area contributed by atoms with E-state index in [0.29, 0.717) is 11.1 Å². The molecule has 0 aliphatic carbocycles. The maximum Gasteiger partial charge on any atom is 0.331 e. The van der Waals surface area contributed by atoms with E-state index in [1.165, 1.54) is 62.8 Å². The molecule has 20 nitrogen and oxygen atoms in total. The fraction of sp³-hybridized carbons (Fsp3) is 0.447. The summed E-state index contributed by atoms with van der Waals surface area (Å²) in [5, 5.41) is 53.2. The minimum Gasteiger partial charge on any atom is -0.504 e. The Morgan fingerprint density at radius 3 is 1.78 bits per heavy atom. The molecule has 0 saturated carbocycles. The SMILES string of the molecule is COc1cc(C=CC(=O)OC[C@H]2O[C@@](COC(C)=O)(O[C@H]3O[C@H](COC(C)=O)[C@@H](O)[C@H](O)[C@H]3OC(C)=O)[C@@H](OC(=O)C=Cc3ccc(O)c(OC)c3)[C@@H]2O)ccc1O. The Hall–Kier alpha value is -5.77. The predicted molar refractivity (Wildman–Crippen MR) is 192 cm³/mol. The highest BCUT2D eigenvalue weighted by Gasteiger charge is 2.62. The third kappa shape index (κ3) is 11.6. The van der Waals surface area contributed by atoms with Crippen molar-refractivity contribution in [3.05, 3.63) is 59.7 Å². The number of carbonyl (C=O) groups excluding carboxylic acids is 5. The van der Waals surface area contributed by atoms with Crippen molar-refractivity contribution in [2.45, 2.75) is 75.6 Å². The van der Waals surface area contributed by atoms with Gasteiger partial charge in [0.2, 0.25) is 12.1 Å². The van der Waals surface area contributed by atoms with E-state index in [-0.39, 0.29) is 23.0 Å². The molecule has 2 heterocycles. The van der Waals surface area contributed by atoms with Gasteiger partial charge in [-0.1, -0.05) is 12.1 Å². The average Bonchev–Trinajstić information content (AvgIpc) is 3.43. The number of benzene rings is 2. The van der Waals surface area contributed by atoms with Crippen molar-refractivity contribution in [1.82, 2.24) is 0 Å². The fourth-order valence-electron chi connectivity index (χ4n) is 5.74. The number of ether oxygens (including phenoxy) is 10.